The Labute approximate surface area is 199 Å². The normalized spacial score (nSPS) is 17.4. The van der Waals surface area contributed by atoms with E-state index < -0.39 is 17.9 Å². The van der Waals surface area contributed by atoms with E-state index in [0.29, 0.717) is 25.2 Å². The molecule has 2 atom stereocenters. The smallest absolute Gasteiger partial charge is 0.408 e. The lowest BCUT2D eigenvalue weighted by Crippen LogP contribution is -2.46. The number of nitrogens with one attached hydrogen (secondary N) is 2. The van der Waals surface area contributed by atoms with Gasteiger partial charge in [0.2, 0.25) is 0 Å². The lowest BCUT2D eigenvalue weighted by molar-refractivity contribution is -0.132. The second kappa shape index (κ2) is 9.43. The molecule has 3 heterocycles. The van der Waals surface area contributed by atoms with Crippen LogP contribution in [0.5, 0.6) is 0 Å². The van der Waals surface area contributed by atoms with Crippen LogP contribution >= 0.6 is 11.3 Å². The quantitative estimate of drug-likeness (QED) is 0.458. The predicted octanol–water partition coefficient (Wildman–Crippen LogP) is 2.94. The Morgan fingerprint density at radius 1 is 1.35 bits per heavy atom. The summed E-state index contributed by atoms with van der Waals surface area (Å²) < 4.78 is 13.4. The van der Waals surface area contributed by atoms with Gasteiger partial charge in [0.15, 0.2) is 5.58 Å². The average Bonchev–Trinajstić information content (AvgIpc) is 3.32. The van der Waals surface area contributed by atoms with Crippen LogP contribution in [-0.2, 0) is 23.0 Å². The maximum atomic E-state index is 12.6. The van der Waals surface area contributed by atoms with Crippen LogP contribution in [-0.4, -0.2) is 42.3 Å². The SMILES string of the molecule is Cn1c(=O)oc2ccc(-c3ccc(CC(C#N)NC(=O)C4CNCCCO4)c4ccsc34)cc21. The number of aromatic nitrogens is 1. The van der Waals surface area contributed by atoms with Gasteiger partial charge in [0.25, 0.3) is 5.91 Å². The summed E-state index contributed by atoms with van der Waals surface area (Å²) in [5, 5.41) is 18.8. The number of carbonyl (C=O) groups is 1. The third-order valence-corrected chi connectivity index (χ3v) is 7.09. The maximum absolute atomic E-state index is 12.6. The number of nitrogens with zero attached hydrogens (tertiary/aromatic N) is 2. The summed E-state index contributed by atoms with van der Waals surface area (Å²) in [6, 6.07) is 13.3. The van der Waals surface area contributed by atoms with Gasteiger partial charge >= 0.3 is 5.76 Å². The zero-order valence-corrected chi connectivity index (χ0v) is 19.5. The van der Waals surface area contributed by atoms with Gasteiger partial charge in [-0.05, 0) is 58.6 Å². The highest BCUT2D eigenvalue weighted by molar-refractivity contribution is 7.17. The summed E-state index contributed by atoms with van der Waals surface area (Å²) in [4.78, 5) is 24.5. The molecule has 0 aliphatic carbocycles. The number of hydrogen-bond donors (Lipinski definition) is 2. The zero-order valence-electron chi connectivity index (χ0n) is 18.7. The van der Waals surface area contributed by atoms with Crippen molar-refractivity contribution in [1.82, 2.24) is 15.2 Å². The molecule has 1 aliphatic rings. The fraction of sp³-hybridized carbons (Fsp3) is 0.320. The molecule has 8 nitrogen and oxygen atoms in total. The molecular formula is C25H24N4O4S. The molecular weight excluding hydrogens is 452 g/mol. The van der Waals surface area contributed by atoms with Crippen LogP contribution in [0.4, 0.5) is 0 Å². The van der Waals surface area contributed by atoms with Crippen molar-refractivity contribution in [2.75, 3.05) is 19.7 Å². The van der Waals surface area contributed by atoms with E-state index in [1.54, 1.807) is 18.4 Å². The second-order valence-corrected chi connectivity index (χ2v) is 9.27. The molecule has 0 spiro atoms. The first-order valence-corrected chi connectivity index (χ1v) is 12.0. The molecule has 5 rings (SSSR count). The molecule has 1 aliphatic heterocycles. The highest BCUT2D eigenvalue weighted by Gasteiger charge is 2.24. The minimum Gasteiger partial charge on any atom is -0.408 e. The highest BCUT2D eigenvalue weighted by atomic mass is 32.1. The molecule has 0 bridgehead atoms. The van der Waals surface area contributed by atoms with Crippen molar-refractivity contribution in [2.24, 2.45) is 7.05 Å². The largest absolute Gasteiger partial charge is 0.419 e. The van der Waals surface area contributed by atoms with Crippen LogP contribution in [0.25, 0.3) is 32.3 Å². The number of hydrogen-bond acceptors (Lipinski definition) is 7. The number of nitriles is 1. The number of amides is 1. The molecule has 1 fully saturated rings. The Hall–Kier alpha value is -3.45. The van der Waals surface area contributed by atoms with Gasteiger partial charge in [-0.2, -0.15) is 5.26 Å². The first-order chi connectivity index (χ1) is 16.5. The fourth-order valence-corrected chi connectivity index (χ4v) is 5.30. The van der Waals surface area contributed by atoms with E-state index in [2.05, 4.69) is 16.7 Å². The van der Waals surface area contributed by atoms with Crippen LogP contribution in [0, 0.1) is 11.3 Å². The Morgan fingerprint density at radius 2 is 2.24 bits per heavy atom. The van der Waals surface area contributed by atoms with Gasteiger partial charge in [-0.3, -0.25) is 9.36 Å². The lowest BCUT2D eigenvalue weighted by Gasteiger charge is -2.18. The topological polar surface area (TPSA) is 109 Å². The van der Waals surface area contributed by atoms with E-state index in [0.717, 1.165) is 45.3 Å². The van der Waals surface area contributed by atoms with Crippen molar-refractivity contribution in [2.45, 2.75) is 25.0 Å². The van der Waals surface area contributed by atoms with Crippen LogP contribution in [0.3, 0.4) is 0 Å². The molecule has 0 saturated carbocycles. The van der Waals surface area contributed by atoms with Crippen molar-refractivity contribution >= 4 is 38.4 Å². The Balaban J connectivity index is 1.41. The third kappa shape index (κ3) is 4.23. The van der Waals surface area contributed by atoms with Gasteiger partial charge in [-0.15, -0.1) is 11.3 Å². The van der Waals surface area contributed by atoms with Crippen molar-refractivity contribution in [3.63, 3.8) is 0 Å². The maximum Gasteiger partial charge on any atom is 0.419 e. The van der Waals surface area contributed by atoms with Crippen LogP contribution < -0.4 is 16.4 Å². The van der Waals surface area contributed by atoms with Gasteiger partial charge in [0, 0.05) is 31.3 Å². The number of oxazole rings is 1. The molecule has 2 unspecified atom stereocenters. The molecule has 34 heavy (non-hydrogen) atoms. The second-order valence-electron chi connectivity index (χ2n) is 8.36. The Morgan fingerprint density at radius 3 is 3.09 bits per heavy atom. The van der Waals surface area contributed by atoms with Crippen LogP contribution in [0.2, 0.25) is 0 Å². The van der Waals surface area contributed by atoms with E-state index in [4.69, 9.17) is 9.15 Å². The number of rotatable bonds is 5. The molecule has 4 aromatic rings. The molecule has 2 aromatic carbocycles. The molecule has 2 aromatic heterocycles. The van der Waals surface area contributed by atoms with Crippen LogP contribution in [0.1, 0.15) is 12.0 Å². The summed E-state index contributed by atoms with van der Waals surface area (Å²) in [6.07, 6.45) is 0.666. The molecule has 2 N–H and O–H groups in total. The summed E-state index contributed by atoms with van der Waals surface area (Å²) in [7, 11) is 1.69. The molecule has 9 heteroatoms. The molecule has 174 valence electrons. The minimum absolute atomic E-state index is 0.266. The first kappa shape index (κ1) is 22.3. The lowest BCUT2D eigenvalue weighted by atomic mass is 9.97. The number of benzene rings is 2. The van der Waals surface area contributed by atoms with E-state index >= 15 is 0 Å². The van der Waals surface area contributed by atoms with E-state index in [-0.39, 0.29) is 5.91 Å². The third-order valence-electron chi connectivity index (χ3n) is 6.14. The van der Waals surface area contributed by atoms with Crippen molar-refractivity contribution in [3.05, 3.63) is 57.9 Å². The summed E-state index contributed by atoms with van der Waals surface area (Å²) in [5.41, 5.74) is 4.30. The van der Waals surface area contributed by atoms with E-state index in [9.17, 15) is 14.9 Å². The zero-order chi connectivity index (χ0) is 23.7. The Kier molecular flexibility index (Phi) is 6.20. The van der Waals surface area contributed by atoms with Crippen molar-refractivity contribution in [1.29, 1.82) is 5.26 Å². The number of thiophene rings is 1. The van der Waals surface area contributed by atoms with Gasteiger partial charge in [-0.1, -0.05) is 18.2 Å². The summed E-state index contributed by atoms with van der Waals surface area (Å²) >= 11 is 1.62. The van der Waals surface area contributed by atoms with Crippen LogP contribution in [0.15, 0.2) is 51.0 Å². The van der Waals surface area contributed by atoms with Gasteiger partial charge < -0.3 is 19.8 Å². The average molecular weight is 477 g/mol. The van der Waals surface area contributed by atoms with Crippen molar-refractivity contribution < 1.29 is 13.9 Å². The van der Waals surface area contributed by atoms with E-state index in [1.165, 1.54) is 4.57 Å². The molecule has 1 saturated heterocycles. The van der Waals surface area contributed by atoms with Gasteiger partial charge in [0.1, 0.15) is 12.1 Å². The number of ether oxygens (including phenoxy) is 1. The highest BCUT2D eigenvalue weighted by Crippen LogP contribution is 2.36. The fourth-order valence-electron chi connectivity index (χ4n) is 4.32. The number of aryl methyl sites for hydroxylation is 1. The summed E-state index contributed by atoms with van der Waals surface area (Å²) in [5.74, 6) is -0.656. The van der Waals surface area contributed by atoms with E-state index in [1.807, 2.05) is 41.8 Å². The standard InChI is InChI=1S/C25H24N4O4S/c1-29-20-12-16(4-6-21(20)33-25(29)31)18-5-3-15(19-7-10-34-23(18)19)11-17(13-26)28-24(30)22-14-27-8-2-9-32-22/h3-7,10,12,17,22,27H,2,8-9,11,14H2,1H3,(H,28,30). The Bertz CT molecular complexity index is 1450. The van der Waals surface area contributed by atoms with Gasteiger partial charge in [0.05, 0.1) is 11.6 Å². The number of carbonyl (C=O) groups excluding carboxylic acids is 1. The minimum atomic E-state index is -0.662. The molecule has 0 radical (unpaired) electrons. The number of fused-ring (bicyclic) bond motifs is 2. The van der Waals surface area contributed by atoms with Gasteiger partial charge in [-0.25, -0.2) is 4.79 Å². The summed E-state index contributed by atoms with van der Waals surface area (Å²) in [6.45, 7) is 1.79. The van der Waals surface area contributed by atoms with Crippen molar-refractivity contribution in [3.8, 4) is 17.2 Å². The molecule has 1 amide bonds. The monoisotopic (exact) mass is 476 g/mol. The first-order valence-electron chi connectivity index (χ1n) is 11.2. The predicted molar refractivity (Wildman–Crippen MR) is 131 cm³/mol.